The zero-order valence-corrected chi connectivity index (χ0v) is 15.3. The number of ketones is 1. The fourth-order valence-electron chi connectivity index (χ4n) is 3.35. The first-order valence-electron chi connectivity index (χ1n) is 9.33. The molecule has 0 radical (unpaired) electrons. The van der Waals surface area contributed by atoms with E-state index in [1.807, 2.05) is 12.1 Å². The van der Waals surface area contributed by atoms with Crippen LogP contribution in [0.3, 0.4) is 0 Å². The van der Waals surface area contributed by atoms with E-state index >= 15 is 0 Å². The van der Waals surface area contributed by atoms with E-state index in [-0.39, 0.29) is 24.5 Å². The number of carbonyl (C=O) groups excluding carboxylic acids is 3. The van der Waals surface area contributed by atoms with Gasteiger partial charge < -0.3 is 11.1 Å². The lowest BCUT2D eigenvalue weighted by Gasteiger charge is -2.16. The Bertz CT molecular complexity index is 856. The fraction of sp³-hybridized carbons (Fsp3) is 0.318. The van der Waals surface area contributed by atoms with Crippen molar-refractivity contribution < 1.29 is 14.4 Å². The van der Waals surface area contributed by atoms with Crippen LogP contribution in [0.1, 0.15) is 63.1 Å². The molecule has 2 amide bonds. The van der Waals surface area contributed by atoms with Gasteiger partial charge in [-0.05, 0) is 60.6 Å². The Labute approximate surface area is 159 Å². The monoisotopic (exact) mass is 364 g/mol. The molecule has 2 aromatic carbocycles. The van der Waals surface area contributed by atoms with Gasteiger partial charge in [0.15, 0.2) is 5.78 Å². The number of Topliss-reactive ketones (excluding diaryl/α,β-unsaturated/α-hetero) is 1. The summed E-state index contributed by atoms with van der Waals surface area (Å²) < 4.78 is 0. The Kier molecular flexibility index (Phi) is 6.01. The van der Waals surface area contributed by atoms with Crippen LogP contribution >= 0.6 is 0 Å². The summed E-state index contributed by atoms with van der Waals surface area (Å²) in [5.74, 6) is -0.643. The van der Waals surface area contributed by atoms with E-state index in [1.165, 1.54) is 24.0 Å². The third-order valence-corrected chi connectivity index (χ3v) is 4.98. The highest BCUT2D eigenvalue weighted by Crippen LogP contribution is 2.23. The highest BCUT2D eigenvalue weighted by atomic mass is 16.2. The Morgan fingerprint density at radius 2 is 1.52 bits per heavy atom. The van der Waals surface area contributed by atoms with Gasteiger partial charge >= 0.3 is 0 Å². The van der Waals surface area contributed by atoms with E-state index in [1.54, 1.807) is 24.3 Å². The van der Waals surface area contributed by atoms with Gasteiger partial charge in [-0.25, -0.2) is 0 Å². The Balaban J connectivity index is 1.47. The third-order valence-electron chi connectivity index (χ3n) is 4.98. The van der Waals surface area contributed by atoms with Gasteiger partial charge in [0, 0.05) is 30.5 Å². The second-order valence-electron chi connectivity index (χ2n) is 6.95. The van der Waals surface area contributed by atoms with Crippen molar-refractivity contribution in [3.05, 3.63) is 70.3 Å². The highest BCUT2D eigenvalue weighted by Gasteiger charge is 2.14. The predicted octanol–water partition coefficient (Wildman–Crippen LogP) is 2.94. The van der Waals surface area contributed by atoms with E-state index in [0.29, 0.717) is 17.7 Å². The van der Waals surface area contributed by atoms with E-state index in [0.717, 1.165) is 18.4 Å². The lowest BCUT2D eigenvalue weighted by atomic mass is 9.89. The van der Waals surface area contributed by atoms with Crippen LogP contribution in [0.5, 0.6) is 0 Å². The van der Waals surface area contributed by atoms with E-state index in [2.05, 4.69) is 11.4 Å². The van der Waals surface area contributed by atoms with Gasteiger partial charge in [-0.2, -0.15) is 0 Å². The molecule has 0 saturated heterocycles. The zero-order valence-electron chi connectivity index (χ0n) is 15.3. The Hall–Kier alpha value is -2.95. The number of rotatable bonds is 7. The van der Waals surface area contributed by atoms with Crippen molar-refractivity contribution in [2.45, 2.75) is 45.1 Å². The largest absolute Gasteiger partial charge is 0.366 e. The van der Waals surface area contributed by atoms with E-state index < -0.39 is 5.91 Å². The first-order chi connectivity index (χ1) is 13.0. The molecule has 0 spiro atoms. The summed E-state index contributed by atoms with van der Waals surface area (Å²) in [4.78, 5) is 35.5. The smallest absolute Gasteiger partial charge is 0.248 e. The second-order valence-corrected chi connectivity index (χ2v) is 6.95. The minimum absolute atomic E-state index is 0.00401. The summed E-state index contributed by atoms with van der Waals surface area (Å²) in [5.41, 5.74) is 9.82. The van der Waals surface area contributed by atoms with Crippen molar-refractivity contribution >= 4 is 17.6 Å². The molecule has 27 heavy (non-hydrogen) atoms. The number of nitrogens with two attached hydrogens (primary N) is 1. The number of primary amides is 1. The van der Waals surface area contributed by atoms with Crippen molar-refractivity contribution in [2.24, 2.45) is 5.73 Å². The molecule has 1 aliphatic carbocycles. The average molecular weight is 364 g/mol. The molecular weight excluding hydrogens is 340 g/mol. The SMILES string of the molecule is NC(=O)c1ccc(CNC(=O)CCC(=O)c2ccc3c(c2)CCCC3)cc1. The first kappa shape index (κ1) is 18.8. The van der Waals surface area contributed by atoms with Gasteiger partial charge in [-0.3, -0.25) is 14.4 Å². The minimum atomic E-state index is -0.480. The van der Waals surface area contributed by atoms with Crippen molar-refractivity contribution in [1.29, 1.82) is 0 Å². The molecule has 0 heterocycles. The van der Waals surface area contributed by atoms with Crippen molar-refractivity contribution in [1.82, 2.24) is 5.32 Å². The molecular formula is C22H24N2O3. The molecule has 5 heteroatoms. The van der Waals surface area contributed by atoms with E-state index in [9.17, 15) is 14.4 Å². The topological polar surface area (TPSA) is 89.3 Å². The van der Waals surface area contributed by atoms with Crippen molar-refractivity contribution in [2.75, 3.05) is 0 Å². The lowest BCUT2D eigenvalue weighted by Crippen LogP contribution is -2.23. The number of aryl methyl sites for hydroxylation is 2. The van der Waals surface area contributed by atoms with Crippen LogP contribution in [0.2, 0.25) is 0 Å². The van der Waals surface area contributed by atoms with Gasteiger partial charge in [0.1, 0.15) is 0 Å². The molecule has 0 atom stereocenters. The Morgan fingerprint density at radius 3 is 2.22 bits per heavy atom. The van der Waals surface area contributed by atoms with Gasteiger partial charge in [-0.15, -0.1) is 0 Å². The summed E-state index contributed by atoms with van der Waals surface area (Å²) in [7, 11) is 0. The number of amides is 2. The molecule has 0 unspecified atom stereocenters. The van der Waals surface area contributed by atoms with Gasteiger partial charge in [-0.1, -0.05) is 24.3 Å². The number of hydrogen-bond donors (Lipinski definition) is 2. The quantitative estimate of drug-likeness (QED) is 0.740. The molecule has 3 rings (SSSR count). The van der Waals surface area contributed by atoms with Crippen LogP contribution in [0.4, 0.5) is 0 Å². The van der Waals surface area contributed by atoms with Gasteiger partial charge in [0.05, 0.1) is 0 Å². The maximum absolute atomic E-state index is 12.4. The minimum Gasteiger partial charge on any atom is -0.366 e. The summed E-state index contributed by atoms with van der Waals surface area (Å²) in [6.07, 6.45) is 4.87. The fourth-order valence-corrected chi connectivity index (χ4v) is 3.35. The third kappa shape index (κ3) is 5.03. The van der Waals surface area contributed by atoms with Gasteiger partial charge in [0.25, 0.3) is 0 Å². The number of carbonyl (C=O) groups is 3. The summed E-state index contributed by atoms with van der Waals surface area (Å²) in [5, 5.41) is 2.80. The number of nitrogens with one attached hydrogen (secondary N) is 1. The van der Waals surface area contributed by atoms with Crippen LogP contribution in [-0.4, -0.2) is 17.6 Å². The molecule has 140 valence electrons. The molecule has 2 aromatic rings. The summed E-state index contributed by atoms with van der Waals surface area (Å²) >= 11 is 0. The predicted molar refractivity (Wildman–Crippen MR) is 103 cm³/mol. The Morgan fingerprint density at radius 1 is 0.852 bits per heavy atom. The maximum Gasteiger partial charge on any atom is 0.248 e. The lowest BCUT2D eigenvalue weighted by molar-refractivity contribution is -0.121. The van der Waals surface area contributed by atoms with Crippen molar-refractivity contribution in [3.8, 4) is 0 Å². The molecule has 0 saturated carbocycles. The normalized spacial score (nSPS) is 12.9. The van der Waals surface area contributed by atoms with Crippen molar-refractivity contribution in [3.63, 3.8) is 0 Å². The molecule has 0 aliphatic heterocycles. The highest BCUT2D eigenvalue weighted by molar-refractivity contribution is 5.98. The first-order valence-corrected chi connectivity index (χ1v) is 9.33. The molecule has 0 aromatic heterocycles. The van der Waals surface area contributed by atoms with Crippen LogP contribution in [0.15, 0.2) is 42.5 Å². The van der Waals surface area contributed by atoms with Crippen LogP contribution < -0.4 is 11.1 Å². The maximum atomic E-state index is 12.4. The van der Waals surface area contributed by atoms with Crippen LogP contribution in [0, 0.1) is 0 Å². The number of fused-ring (bicyclic) bond motifs is 1. The summed E-state index contributed by atoms with van der Waals surface area (Å²) in [6, 6.07) is 12.7. The number of benzene rings is 2. The number of hydrogen-bond acceptors (Lipinski definition) is 3. The van der Waals surface area contributed by atoms with Crippen LogP contribution in [-0.2, 0) is 24.2 Å². The molecule has 0 bridgehead atoms. The van der Waals surface area contributed by atoms with Gasteiger partial charge in [0.2, 0.25) is 11.8 Å². The molecule has 5 nitrogen and oxygen atoms in total. The molecule has 1 aliphatic rings. The molecule has 0 fully saturated rings. The zero-order chi connectivity index (χ0) is 19.2. The van der Waals surface area contributed by atoms with E-state index in [4.69, 9.17) is 5.73 Å². The second kappa shape index (κ2) is 8.62. The summed E-state index contributed by atoms with van der Waals surface area (Å²) in [6.45, 7) is 0.352. The molecule has 3 N–H and O–H groups in total. The average Bonchev–Trinajstić information content (AvgIpc) is 2.70. The standard InChI is InChI=1S/C22H24N2O3/c23-22(27)17-7-5-15(6-8-17)14-24-21(26)12-11-20(25)19-10-9-16-3-1-2-4-18(16)13-19/h5-10,13H,1-4,11-12,14H2,(H2,23,27)(H,24,26). The van der Waals surface area contributed by atoms with Crippen LogP contribution in [0.25, 0.3) is 0 Å².